The molecule has 1 fully saturated rings. The van der Waals surface area contributed by atoms with Crippen LogP contribution in [0.5, 0.6) is 0 Å². The van der Waals surface area contributed by atoms with Gasteiger partial charge in [-0.1, -0.05) is 5.43 Å². The van der Waals surface area contributed by atoms with Gasteiger partial charge in [0.15, 0.2) is 0 Å². The van der Waals surface area contributed by atoms with E-state index in [4.69, 9.17) is 9.47 Å². The van der Waals surface area contributed by atoms with Crippen LogP contribution in [0.15, 0.2) is 17.3 Å². The number of nitrogens with one attached hydrogen (secondary N) is 2. The molecule has 0 radical (unpaired) electrons. The standard InChI is InChI=1S/C14H22N4O4/c1-13(2,3)21-11(19)15-10(18-8-7-9(18)17-18)16-12(20)22-14(4,5)6/h7-9,17H,1-6H3/p+1. The second kappa shape index (κ2) is 5.06. The highest BCUT2D eigenvalue weighted by atomic mass is 16.6. The molecule has 0 aromatic carbocycles. The molecule has 2 aliphatic heterocycles. The summed E-state index contributed by atoms with van der Waals surface area (Å²) in [5, 5.41) is 2.52. The number of carbonyl (C=O) groups excluding carboxylic acids is 2. The van der Waals surface area contributed by atoms with Crippen LogP contribution in [-0.4, -0.2) is 40.1 Å². The molecule has 2 aliphatic rings. The lowest BCUT2D eigenvalue weighted by Gasteiger charge is -2.22. The molecule has 0 saturated carbocycles. The zero-order valence-corrected chi connectivity index (χ0v) is 13.8. The van der Waals surface area contributed by atoms with E-state index in [1.165, 1.54) is 0 Å². The van der Waals surface area contributed by atoms with E-state index in [0.29, 0.717) is 0 Å². The van der Waals surface area contributed by atoms with Gasteiger partial charge in [-0.05, 0) is 41.5 Å². The van der Waals surface area contributed by atoms with E-state index >= 15 is 0 Å². The topological polar surface area (TPSA) is 98.9 Å². The summed E-state index contributed by atoms with van der Waals surface area (Å²) in [4.78, 5) is 27.7. The van der Waals surface area contributed by atoms with Gasteiger partial charge >= 0.3 is 18.1 Å². The van der Waals surface area contributed by atoms with Crippen LogP contribution in [0.4, 0.5) is 9.59 Å². The third-order valence-electron chi connectivity index (χ3n) is 2.77. The van der Waals surface area contributed by atoms with Gasteiger partial charge in [0.2, 0.25) is 6.17 Å². The molecule has 0 aromatic heterocycles. The van der Waals surface area contributed by atoms with Gasteiger partial charge in [0, 0.05) is 0 Å². The van der Waals surface area contributed by atoms with Gasteiger partial charge in [0.25, 0.3) is 0 Å². The van der Waals surface area contributed by atoms with Crippen LogP contribution in [0.3, 0.4) is 0 Å². The maximum Gasteiger partial charge on any atom is 0.440 e. The van der Waals surface area contributed by atoms with Gasteiger partial charge in [0.1, 0.15) is 17.4 Å². The molecule has 0 spiro atoms. The van der Waals surface area contributed by atoms with Crippen molar-refractivity contribution in [1.29, 1.82) is 0 Å². The zero-order chi connectivity index (χ0) is 16.8. The first-order chi connectivity index (χ1) is 9.91. The van der Waals surface area contributed by atoms with Crippen LogP contribution in [0.2, 0.25) is 0 Å². The van der Waals surface area contributed by atoms with E-state index in [2.05, 4.69) is 15.7 Å². The summed E-state index contributed by atoms with van der Waals surface area (Å²) in [6.07, 6.45) is 2.28. The van der Waals surface area contributed by atoms with Gasteiger partial charge in [-0.25, -0.2) is 14.9 Å². The van der Waals surface area contributed by atoms with E-state index in [-0.39, 0.29) is 16.7 Å². The van der Waals surface area contributed by atoms with Crippen LogP contribution in [0.1, 0.15) is 41.5 Å². The van der Waals surface area contributed by atoms with Crippen LogP contribution < -0.4 is 10.7 Å². The molecular weight excluding hydrogens is 288 g/mol. The normalized spacial score (nSPS) is 26.6. The Morgan fingerprint density at radius 1 is 1.14 bits per heavy atom. The quantitative estimate of drug-likeness (QED) is 0.308. The number of ether oxygens (including phenoxy) is 2. The Bertz CT molecular complexity index is 556. The number of alkyl carbamates (subject to hydrolysis) is 1. The second-order valence-electron chi connectivity index (χ2n) is 7.24. The highest BCUT2D eigenvalue weighted by Crippen LogP contribution is 2.34. The van der Waals surface area contributed by atoms with Gasteiger partial charge < -0.3 is 9.47 Å². The van der Waals surface area contributed by atoms with Crippen molar-refractivity contribution in [2.45, 2.75) is 58.9 Å². The third kappa shape index (κ3) is 3.83. The van der Waals surface area contributed by atoms with Crippen molar-refractivity contribution in [3.8, 4) is 0 Å². The summed E-state index contributed by atoms with van der Waals surface area (Å²) in [7, 11) is 0. The molecule has 2 N–H and O–H groups in total. The predicted molar refractivity (Wildman–Crippen MR) is 79.4 cm³/mol. The summed E-state index contributed by atoms with van der Waals surface area (Å²) in [6, 6.07) is 0. The van der Waals surface area contributed by atoms with Gasteiger partial charge in [-0.2, -0.15) is 0 Å². The lowest BCUT2D eigenvalue weighted by atomic mass is 10.2. The lowest BCUT2D eigenvalue weighted by Crippen LogP contribution is -2.50. The average molecular weight is 311 g/mol. The minimum atomic E-state index is -0.765. The molecule has 2 unspecified atom stereocenters. The first kappa shape index (κ1) is 16.4. The minimum absolute atomic E-state index is 0.0242. The van der Waals surface area contributed by atoms with E-state index in [1.54, 1.807) is 47.7 Å². The Morgan fingerprint density at radius 3 is 2.09 bits per heavy atom. The first-order valence-electron chi connectivity index (χ1n) is 7.09. The van der Waals surface area contributed by atoms with Gasteiger partial charge in [-0.15, -0.1) is 9.58 Å². The van der Waals surface area contributed by atoms with E-state index < -0.39 is 23.4 Å². The Hall–Kier alpha value is -1.93. The number of nitrogens with zero attached hydrogens (tertiary/aromatic N) is 2. The minimum Gasteiger partial charge on any atom is -0.443 e. The number of guanidine groups is 1. The summed E-state index contributed by atoms with van der Waals surface area (Å²) in [5.74, 6) is 0.135. The van der Waals surface area contributed by atoms with Crippen LogP contribution in [0.25, 0.3) is 0 Å². The molecule has 122 valence electrons. The molecule has 2 heterocycles. The maximum absolute atomic E-state index is 11.9. The van der Waals surface area contributed by atoms with Crippen molar-refractivity contribution in [3.63, 3.8) is 0 Å². The SMILES string of the molecule is CC(C)(C)OC(=O)N=C(NC(=O)OC(C)(C)C)[N+]12C=CC1N2. The lowest BCUT2D eigenvalue weighted by molar-refractivity contribution is -0.695. The molecule has 0 aromatic rings. The smallest absolute Gasteiger partial charge is 0.440 e. The Labute approximate surface area is 129 Å². The summed E-state index contributed by atoms with van der Waals surface area (Å²) < 4.78 is 10.5. The van der Waals surface area contributed by atoms with Crippen LogP contribution >= 0.6 is 0 Å². The van der Waals surface area contributed by atoms with Gasteiger partial charge in [0.05, 0.1) is 6.08 Å². The van der Waals surface area contributed by atoms with Crippen molar-refractivity contribution >= 4 is 18.1 Å². The third-order valence-corrected chi connectivity index (χ3v) is 2.77. The fourth-order valence-electron chi connectivity index (χ4n) is 1.85. The molecule has 1 saturated heterocycles. The molecule has 22 heavy (non-hydrogen) atoms. The Balaban J connectivity index is 2.10. The number of hydrogen-bond acceptors (Lipinski definition) is 5. The molecule has 2 atom stereocenters. The number of fused-ring (bicyclic) bond motifs is 1. The van der Waals surface area contributed by atoms with E-state index in [0.717, 1.165) is 0 Å². The van der Waals surface area contributed by atoms with Crippen molar-refractivity contribution in [2.75, 3.05) is 0 Å². The van der Waals surface area contributed by atoms with Crippen molar-refractivity contribution in [2.24, 2.45) is 4.99 Å². The monoisotopic (exact) mass is 311 g/mol. The van der Waals surface area contributed by atoms with Gasteiger partial charge in [-0.3, -0.25) is 0 Å². The van der Waals surface area contributed by atoms with Crippen molar-refractivity contribution in [3.05, 3.63) is 12.3 Å². The number of carbonyl (C=O) groups is 2. The summed E-state index contributed by atoms with van der Waals surface area (Å²) >= 11 is 0. The average Bonchev–Trinajstić information content (AvgIpc) is 2.74. The number of hydrogen-bond donors (Lipinski definition) is 2. The van der Waals surface area contributed by atoms with E-state index in [1.807, 2.05) is 6.08 Å². The number of amides is 2. The fraction of sp³-hybridized carbons (Fsp3) is 0.643. The largest absolute Gasteiger partial charge is 0.443 e. The van der Waals surface area contributed by atoms with Crippen LogP contribution in [0, 0.1) is 0 Å². The molecule has 8 nitrogen and oxygen atoms in total. The second-order valence-corrected chi connectivity index (χ2v) is 7.24. The summed E-state index contributed by atoms with van der Waals surface area (Å²) in [5.41, 5.74) is 1.77. The molecule has 0 bridgehead atoms. The first-order valence-corrected chi connectivity index (χ1v) is 7.09. The summed E-state index contributed by atoms with van der Waals surface area (Å²) in [6.45, 7) is 10.5. The highest BCUT2D eigenvalue weighted by Gasteiger charge is 2.65. The van der Waals surface area contributed by atoms with Crippen molar-refractivity contribution < 1.29 is 23.7 Å². The fourth-order valence-corrected chi connectivity index (χ4v) is 1.85. The molecule has 0 aliphatic carbocycles. The number of aliphatic imine (C=N–C) groups is 1. The maximum atomic E-state index is 11.9. The Morgan fingerprint density at radius 2 is 1.73 bits per heavy atom. The number of quaternary nitrogens is 1. The highest BCUT2D eigenvalue weighted by molar-refractivity contribution is 5.96. The predicted octanol–water partition coefficient (Wildman–Crippen LogP) is 1.99. The van der Waals surface area contributed by atoms with Crippen molar-refractivity contribution in [1.82, 2.24) is 10.7 Å². The zero-order valence-electron chi connectivity index (χ0n) is 13.8. The van der Waals surface area contributed by atoms with E-state index in [9.17, 15) is 9.59 Å². The molecule has 8 heteroatoms. The molecular formula is C14H23N4O4+. The van der Waals surface area contributed by atoms with Crippen LogP contribution in [-0.2, 0) is 9.47 Å². The Kier molecular flexibility index (Phi) is 3.78. The number of rotatable bonds is 0. The molecule has 2 rings (SSSR count). The molecule has 2 amide bonds.